The highest BCUT2D eigenvalue weighted by molar-refractivity contribution is 7.94. The highest BCUT2D eigenvalue weighted by Gasteiger charge is 2.44. The van der Waals surface area contributed by atoms with Gasteiger partial charge in [0, 0.05) is 50.4 Å². The lowest BCUT2D eigenvalue weighted by molar-refractivity contribution is 0.0925. The first-order valence-corrected chi connectivity index (χ1v) is 12.8. The van der Waals surface area contributed by atoms with Crippen LogP contribution in [-0.4, -0.2) is 86.1 Å². The van der Waals surface area contributed by atoms with Crippen molar-refractivity contribution in [3.05, 3.63) is 46.0 Å². The number of nitrogens with zero attached hydrogens (tertiary/aromatic N) is 3. The maximum absolute atomic E-state index is 13.8. The molecule has 10 heteroatoms. The second-order valence-electron chi connectivity index (χ2n) is 7.96. The monoisotopic (exact) mass is 477 g/mol. The fourth-order valence-electron chi connectivity index (χ4n) is 4.20. The first-order valence-electron chi connectivity index (χ1n) is 11.4. The number of carbonyl (C=O) groups is 3. The molecule has 1 aliphatic heterocycles. The summed E-state index contributed by atoms with van der Waals surface area (Å²) in [6.07, 6.45) is 0.889. The van der Waals surface area contributed by atoms with Gasteiger partial charge in [0.1, 0.15) is 5.70 Å². The van der Waals surface area contributed by atoms with Crippen LogP contribution in [0.25, 0.3) is 0 Å². The van der Waals surface area contributed by atoms with E-state index in [4.69, 9.17) is 4.74 Å². The molecule has 0 N–H and O–H groups in total. The smallest absolute Gasteiger partial charge is 0.409 e. The number of piperazine rings is 1. The summed E-state index contributed by atoms with van der Waals surface area (Å²) in [5.41, 5.74) is 0.277. The summed E-state index contributed by atoms with van der Waals surface area (Å²) >= 11 is 0. The highest BCUT2D eigenvalue weighted by Crippen LogP contribution is 2.33. The Morgan fingerprint density at radius 2 is 1.48 bits per heavy atom. The summed E-state index contributed by atoms with van der Waals surface area (Å²) in [5.74, 6) is -1.11. The van der Waals surface area contributed by atoms with E-state index in [2.05, 4.69) is 0 Å². The molecule has 9 nitrogen and oxygen atoms in total. The van der Waals surface area contributed by atoms with E-state index in [1.807, 2.05) is 13.8 Å². The minimum absolute atomic E-state index is 0.0165. The highest BCUT2D eigenvalue weighted by atomic mass is 32.2. The maximum Gasteiger partial charge on any atom is 0.409 e. The molecule has 33 heavy (non-hydrogen) atoms. The van der Waals surface area contributed by atoms with Gasteiger partial charge < -0.3 is 14.5 Å². The Morgan fingerprint density at radius 1 is 0.939 bits per heavy atom. The third kappa shape index (κ3) is 4.81. The molecule has 2 aliphatic rings. The number of amides is 1. The van der Waals surface area contributed by atoms with Crippen LogP contribution in [0.5, 0.6) is 0 Å². The fourth-order valence-corrected chi connectivity index (χ4v) is 5.91. The molecule has 0 saturated carbocycles. The van der Waals surface area contributed by atoms with Crippen molar-refractivity contribution in [2.24, 2.45) is 0 Å². The largest absolute Gasteiger partial charge is 0.450 e. The van der Waals surface area contributed by atoms with Gasteiger partial charge in [0.05, 0.1) is 6.61 Å². The lowest BCUT2D eigenvalue weighted by Gasteiger charge is -2.36. The number of hydrogen-bond donors (Lipinski definition) is 0. The Balaban J connectivity index is 2.05. The van der Waals surface area contributed by atoms with Crippen LogP contribution in [0.2, 0.25) is 0 Å². The second-order valence-corrected chi connectivity index (χ2v) is 9.83. The Bertz CT molecular complexity index is 1050. The van der Waals surface area contributed by atoms with E-state index in [1.54, 1.807) is 30.0 Å². The number of allylic oxidation sites excluding steroid dienone is 2. The number of carbonyl (C=O) groups excluding carboxylic acids is 3. The van der Waals surface area contributed by atoms with Gasteiger partial charge in [-0.05, 0) is 19.8 Å². The molecule has 0 bridgehead atoms. The molecular weight excluding hydrogens is 446 g/mol. The zero-order valence-corrected chi connectivity index (χ0v) is 20.2. The number of Topliss-reactive ketones (excluding diaryl/α,β-unsaturated/α-hetero) is 2. The van der Waals surface area contributed by atoms with Gasteiger partial charge in [-0.1, -0.05) is 38.1 Å². The number of rotatable bonds is 8. The van der Waals surface area contributed by atoms with Gasteiger partial charge in [0.25, 0.3) is 0 Å². The Morgan fingerprint density at radius 3 is 2.00 bits per heavy atom. The number of benzene rings is 1. The van der Waals surface area contributed by atoms with Gasteiger partial charge in [-0.25, -0.2) is 13.2 Å². The van der Waals surface area contributed by atoms with Crippen LogP contribution in [0.15, 0.2) is 34.9 Å². The van der Waals surface area contributed by atoms with E-state index >= 15 is 0 Å². The number of ether oxygens (including phenoxy) is 1. The molecule has 1 amide bonds. The predicted molar refractivity (Wildman–Crippen MR) is 123 cm³/mol. The van der Waals surface area contributed by atoms with Gasteiger partial charge in [0.2, 0.25) is 21.6 Å². The number of fused-ring (bicyclic) bond motifs is 1. The van der Waals surface area contributed by atoms with E-state index in [-0.39, 0.29) is 49.6 Å². The minimum atomic E-state index is -4.28. The average Bonchev–Trinajstić information content (AvgIpc) is 2.81. The second kappa shape index (κ2) is 10.5. The summed E-state index contributed by atoms with van der Waals surface area (Å²) in [7, 11) is -4.28. The van der Waals surface area contributed by atoms with Gasteiger partial charge in [-0.2, -0.15) is 4.31 Å². The van der Waals surface area contributed by atoms with Crippen molar-refractivity contribution >= 4 is 27.7 Å². The van der Waals surface area contributed by atoms with Crippen molar-refractivity contribution in [3.63, 3.8) is 0 Å². The first kappa shape index (κ1) is 24.9. The van der Waals surface area contributed by atoms with Crippen LogP contribution in [0.3, 0.4) is 0 Å². The molecule has 0 aromatic heterocycles. The Hall–Kier alpha value is -2.72. The van der Waals surface area contributed by atoms with E-state index in [1.165, 1.54) is 15.3 Å². The molecule has 3 rings (SSSR count). The van der Waals surface area contributed by atoms with Crippen molar-refractivity contribution in [2.45, 2.75) is 33.6 Å². The predicted octanol–water partition coefficient (Wildman–Crippen LogP) is 2.50. The standard InChI is InChI=1S/C23H31N3O6S/c1-4-11-24(12-5-2)19-20(27)17-9-7-8-10-18(17)21(28)22(19)33(30,31)26-15-13-25(14-16-26)23(29)32-6-3/h7-10H,4-6,11-16H2,1-3H3. The maximum atomic E-state index is 13.8. The van der Waals surface area contributed by atoms with Gasteiger partial charge in [0.15, 0.2) is 4.91 Å². The van der Waals surface area contributed by atoms with Crippen LogP contribution in [0, 0.1) is 0 Å². The van der Waals surface area contributed by atoms with E-state index < -0.39 is 32.6 Å². The summed E-state index contributed by atoms with van der Waals surface area (Å²) in [6, 6.07) is 6.34. The van der Waals surface area contributed by atoms with Crippen molar-refractivity contribution in [1.29, 1.82) is 0 Å². The molecular formula is C23H31N3O6S. The number of hydrogen-bond acceptors (Lipinski definition) is 7. The van der Waals surface area contributed by atoms with Gasteiger partial charge in [-0.3, -0.25) is 9.59 Å². The van der Waals surface area contributed by atoms with Gasteiger partial charge >= 0.3 is 6.09 Å². The average molecular weight is 478 g/mol. The molecule has 180 valence electrons. The minimum Gasteiger partial charge on any atom is -0.450 e. The molecule has 0 spiro atoms. The quantitative estimate of drug-likeness (QED) is 0.567. The fraction of sp³-hybridized carbons (Fsp3) is 0.522. The van der Waals surface area contributed by atoms with Crippen molar-refractivity contribution in [3.8, 4) is 0 Å². The SMILES string of the molecule is CCCN(CCC)C1=C(S(=O)(=O)N2CCN(C(=O)OCC)CC2)C(=O)c2ccccc2C1=O. The summed E-state index contributed by atoms with van der Waals surface area (Å²) in [5, 5.41) is 0. The van der Waals surface area contributed by atoms with E-state index in [0.717, 1.165) is 0 Å². The summed E-state index contributed by atoms with van der Waals surface area (Å²) < 4.78 is 33.7. The molecule has 1 saturated heterocycles. The molecule has 0 atom stereocenters. The van der Waals surface area contributed by atoms with Crippen molar-refractivity contribution in [1.82, 2.24) is 14.1 Å². The molecule has 1 aromatic carbocycles. The van der Waals surface area contributed by atoms with Crippen LogP contribution in [0.1, 0.15) is 54.3 Å². The molecule has 1 heterocycles. The van der Waals surface area contributed by atoms with Gasteiger partial charge in [-0.15, -0.1) is 0 Å². The number of sulfonamides is 1. The molecule has 1 aliphatic carbocycles. The lowest BCUT2D eigenvalue weighted by atomic mass is 9.91. The number of ketones is 2. The topological polar surface area (TPSA) is 104 Å². The van der Waals surface area contributed by atoms with Crippen LogP contribution in [-0.2, 0) is 14.8 Å². The third-order valence-electron chi connectivity index (χ3n) is 5.72. The first-order chi connectivity index (χ1) is 15.8. The molecule has 1 fully saturated rings. The van der Waals surface area contributed by atoms with Crippen molar-refractivity contribution < 1.29 is 27.5 Å². The van der Waals surface area contributed by atoms with Crippen LogP contribution in [0.4, 0.5) is 4.79 Å². The molecule has 1 aromatic rings. The van der Waals surface area contributed by atoms with Crippen LogP contribution >= 0.6 is 0 Å². The Labute approximate surface area is 195 Å². The van der Waals surface area contributed by atoms with Crippen LogP contribution < -0.4 is 0 Å². The van der Waals surface area contributed by atoms with E-state index in [9.17, 15) is 22.8 Å². The van der Waals surface area contributed by atoms with E-state index in [0.29, 0.717) is 25.9 Å². The summed E-state index contributed by atoms with van der Waals surface area (Å²) in [6.45, 7) is 7.05. The molecule has 0 unspecified atom stereocenters. The lowest BCUT2D eigenvalue weighted by Crippen LogP contribution is -2.52. The third-order valence-corrected chi connectivity index (χ3v) is 7.66. The molecule has 0 radical (unpaired) electrons. The zero-order chi connectivity index (χ0) is 24.2. The Kier molecular flexibility index (Phi) is 7.91. The normalized spacial score (nSPS) is 17.2. The van der Waals surface area contributed by atoms with Crippen molar-refractivity contribution in [2.75, 3.05) is 45.9 Å². The zero-order valence-electron chi connectivity index (χ0n) is 19.4. The summed E-state index contributed by atoms with van der Waals surface area (Å²) in [4.78, 5) is 41.7.